The Morgan fingerprint density at radius 3 is 2.67 bits per heavy atom. The van der Waals surface area contributed by atoms with Gasteiger partial charge in [0.2, 0.25) is 0 Å². The standard InChI is InChI=1S/C24H29N7O.HI/c1-3-27-24(29-17-18-9-7-12-20(15-18)32-2)28-14-8-13-22-21(16-25)23(26)31(30-22)19-10-5-4-6-11-19;/h4-7,9-12,15H,3,8,13-14,17,26H2,1-2H3,(H2,27,28,29);1H. The molecule has 174 valence electrons. The van der Waals surface area contributed by atoms with E-state index in [2.05, 4.69) is 26.8 Å². The van der Waals surface area contributed by atoms with Crippen LogP contribution in [-0.2, 0) is 13.0 Å². The molecule has 8 nitrogen and oxygen atoms in total. The first-order valence-corrected chi connectivity index (χ1v) is 10.6. The quantitative estimate of drug-likeness (QED) is 0.160. The minimum atomic E-state index is 0. The lowest BCUT2D eigenvalue weighted by atomic mass is 10.1. The van der Waals surface area contributed by atoms with E-state index in [0.29, 0.717) is 36.6 Å². The molecule has 0 atom stereocenters. The van der Waals surface area contributed by atoms with Crippen LogP contribution in [0.2, 0.25) is 0 Å². The van der Waals surface area contributed by atoms with Gasteiger partial charge in [0.15, 0.2) is 5.96 Å². The van der Waals surface area contributed by atoms with Crippen LogP contribution >= 0.6 is 24.0 Å². The number of nitrogens with one attached hydrogen (secondary N) is 2. The van der Waals surface area contributed by atoms with Gasteiger partial charge in [-0.3, -0.25) is 0 Å². The number of aryl methyl sites for hydroxylation is 1. The molecule has 0 aliphatic rings. The van der Waals surface area contributed by atoms with E-state index in [9.17, 15) is 5.26 Å². The number of guanidine groups is 1. The van der Waals surface area contributed by atoms with Gasteiger partial charge in [-0.1, -0.05) is 30.3 Å². The Kier molecular flexibility index (Phi) is 10.5. The number of ether oxygens (including phenoxy) is 1. The summed E-state index contributed by atoms with van der Waals surface area (Å²) in [5.74, 6) is 1.93. The Balaban J connectivity index is 0.00000385. The molecule has 3 aromatic rings. The molecular formula is C24H30IN7O. The molecule has 0 unspecified atom stereocenters. The molecule has 3 rings (SSSR count). The first kappa shape index (κ1) is 26.0. The van der Waals surface area contributed by atoms with E-state index in [1.807, 2.05) is 61.5 Å². The normalized spacial score (nSPS) is 10.8. The summed E-state index contributed by atoms with van der Waals surface area (Å²) in [6.45, 7) is 4.03. The predicted octanol–water partition coefficient (Wildman–Crippen LogP) is 3.64. The molecule has 9 heteroatoms. The van der Waals surface area contributed by atoms with Crippen molar-refractivity contribution in [3.8, 4) is 17.5 Å². The number of nitrogens with two attached hydrogens (primary N) is 1. The Morgan fingerprint density at radius 1 is 1.18 bits per heavy atom. The Morgan fingerprint density at radius 2 is 1.97 bits per heavy atom. The molecule has 0 saturated heterocycles. The third-order valence-electron chi connectivity index (χ3n) is 4.89. The molecule has 0 spiro atoms. The lowest BCUT2D eigenvalue weighted by molar-refractivity contribution is 0.414. The number of hydrogen-bond acceptors (Lipinski definition) is 5. The van der Waals surface area contributed by atoms with Crippen LogP contribution in [-0.4, -0.2) is 35.9 Å². The highest BCUT2D eigenvalue weighted by Gasteiger charge is 2.16. The van der Waals surface area contributed by atoms with E-state index in [1.54, 1.807) is 11.8 Å². The number of nitriles is 1. The van der Waals surface area contributed by atoms with E-state index >= 15 is 0 Å². The molecule has 4 N–H and O–H groups in total. The molecular weight excluding hydrogens is 529 g/mol. The molecule has 1 aromatic heterocycles. The van der Waals surface area contributed by atoms with Crippen molar-refractivity contribution in [1.82, 2.24) is 20.4 Å². The van der Waals surface area contributed by atoms with Gasteiger partial charge < -0.3 is 21.1 Å². The average molecular weight is 559 g/mol. The minimum Gasteiger partial charge on any atom is -0.497 e. The second-order valence-electron chi connectivity index (χ2n) is 7.14. The molecule has 33 heavy (non-hydrogen) atoms. The van der Waals surface area contributed by atoms with Gasteiger partial charge in [-0.15, -0.1) is 24.0 Å². The monoisotopic (exact) mass is 559 g/mol. The lowest BCUT2D eigenvalue weighted by Crippen LogP contribution is -2.37. The molecule has 0 fully saturated rings. The third-order valence-corrected chi connectivity index (χ3v) is 4.89. The van der Waals surface area contributed by atoms with Crippen LogP contribution in [0.1, 0.15) is 30.2 Å². The smallest absolute Gasteiger partial charge is 0.191 e. The van der Waals surface area contributed by atoms with Crippen molar-refractivity contribution in [3.63, 3.8) is 0 Å². The van der Waals surface area contributed by atoms with Crippen molar-refractivity contribution >= 4 is 35.8 Å². The van der Waals surface area contributed by atoms with Crippen LogP contribution in [0.3, 0.4) is 0 Å². The summed E-state index contributed by atoms with van der Waals surface area (Å²) >= 11 is 0. The summed E-state index contributed by atoms with van der Waals surface area (Å²) in [6, 6.07) is 19.7. The third kappa shape index (κ3) is 7.12. The maximum Gasteiger partial charge on any atom is 0.191 e. The molecule has 2 aromatic carbocycles. The van der Waals surface area contributed by atoms with Crippen molar-refractivity contribution in [3.05, 3.63) is 71.4 Å². The van der Waals surface area contributed by atoms with Crippen molar-refractivity contribution in [2.75, 3.05) is 25.9 Å². The van der Waals surface area contributed by atoms with E-state index < -0.39 is 0 Å². The number of nitrogens with zero attached hydrogens (tertiary/aromatic N) is 4. The number of aromatic nitrogens is 2. The van der Waals surface area contributed by atoms with Gasteiger partial charge in [0.05, 0.1) is 25.0 Å². The van der Waals surface area contributed by atoms with Gasteiger partial charge in [-0.25, -0.2) is 9.67 Å². The summed E-state index contributed by atoms with van der Waals surface area (Å²) in [5, 5.41) is 20.7. The van der Waals surface area contributed by atoms with Crippen LogP contribution in [0.4, 0.5) is 5.82 Å². The number of rotatable bonds is 9. The zero-order valence-corrected chi connectivity index (χ0v) is 21.2. The van der Waals surface area contributed by atoms with Crippen LogP contribution in [0.15, 0.2) is 59.6 Å². The highest BCUT2D eigenvalue weighted by molar-refractivity contribution is 14.0. The number of aliphatic imine (C=N–C) groups is 1. The van der Waals surface area contributed by atoms with Gasteiger partial charge in [-0.2, -0.15) is 10.4 Å². The topological polar surface area (TPSA) is 113 Å². The summed E-state index contributed by atoms with van der Waals surface area (Å²) in [5.41, 5.74) is 9.23. The average Bonchev–Trinajstić information content (AvgIpc) is 3.15. The van der Waals surface area contributed by atoms with E-state index in [4.69, 9.17) is 10.5 Å². The number of benzene rings is 2. The van der Waals surface area contributed by atoms with Crippen molar-refractivity contribution < 1.29 is 4.74 Å². The molecule has 0 amide bonds. The maximum atomic E-state index is 9.55. The fourth-order valence-corrected chi connectivity index (χ4v) is 3.29. The van der Waals surface area contributed by atoms with E-state index in [-0.39, 0.29) is 24.0 Å². The Bertz CT molecular complexity index is 1090. The van der Waals surface area contributed by atoms with Crippen molar-refractivity contribution in [2.45, 2.75) is 26.3 Å². The Hall–Kier alpha value is -3.26. The van der Waals surface area contributed by atoms with Crippen LogP contribution < -0.4 is 21.1 Å². The fourth-order valence-electron chi connectivity index (χ4n) is 3.29. The summed E-state index contributed by atoms with van der Waals surface area (Å²) in [6.07, 6.45) is 1.42. The Labute approximate surface area is 211 Å². The number of methoxy groups -OCH3 is 1. The molecule has 0 saturated carbocycles. The van der Waals surface area contributed by atoms with Crippen LogP contribution in [0, 0.1) is 11.3 Å². The van der Waals surface area contributed by atoms with Crippen LogP contribution in [0.25, 0.3) is 5.69 Å². The zero-order valence-electron chi connectivity index (χ0n) is 18.9. The van der Waals surface area contributed by atoms with E-state index in [1.165, 1.54) is 0 Å². The number of para-hydroxylation sites is 1. The first-order valence-electron chi connectivity index (χ1n) is 10.6. The number of halogens is 1. The van der Waals surface area contributed by atoms with Crippen molar-refractivity contribution in [1.29, 1.82) is 5.26 Å². The maximum absolute atomic E-state index is 9.55. The lowest BCUT2D eigenvalue weighted by Gasteiger charge is -2.11. The molecule has 0 radical (unpaired) electrons. The second-order valence-corrected chi connectivity index (χ2v) is 7.14. The highest BCUT2D eigenvalue weighted by Crippen LogP contribution is 2.21. The van der Waals surface area contributed by atoms with Crippen LogP contribution in [0.5, 0.6) is 5.75 Å². The zero-order chi connectivity index (χ0) is 22.8. The minimum absolute atomic E-state index is 0. The number of nitrogen functional groups attached to an aromatic ring is 1. The van der Waals surface area contributed by atoms with Crippen molar-refractivity contribution in [2.24, 2.45) is 4.99 Å². The molecule has 1 heterocycles. The molecule has 0 aliphatic heterocycles. The second kappa shape index (κ2) is 13.3. The van der Waals surface area contributed by atoms with Gasteiger partial charge in [0, 0.05) is 13.1 Å². The molecule has 0 aliphatic carbocycles. The summed E-state index contributed by atoms with van der Waals surface area (Å²) in [4.78, 5) is 4.64. The fraction of sp³-hybridized carbons (Fsp3) is 0.292. The van der Waals surface area contributed by atoms with Gasteiger partial charge in [0.25, 0.3) is 0 Å². The van der Waals surface area contributed by atoms with Gasteiger partial charge in [0.1, 0.15) is 23.2 Å². The highest BCUT2D eigenvalue weighted by atomic mass is 127. The number of anilines is 1. The molecule has 0 bridgehead atoms. The van der Waals surface area contributed by atoms with Gasteiger partial charge >= 0.3 is 0 Å². The summed E-state index contributed by atoms with van der Waals surface area (Å²) < 4.78 is 6.89. The SMILES string of the molecule is CCNC(=NCc1cccc(OC)c1)NCCCc1nn(-c2ccccc2)c(N)c1C#N.I. The van der Waals surface area contributed by atoms with E-state index in [0.717, 1.165) is 35.9 Å². The number of hydrogen-bond donors (Lipinski definition) is 3. The predicted molar refractivity (Wildman–Crippen MR) is 142 cm³/mol. The first-order chi connectivity index (χ1) is 15.7. The summed E-state index contributed by atoms with van der Waals surface area (Å²) in [7, 11) is 1.66. The largest absolute Gasteiger partial charge is 0.497 e. The van der Waals surface area contributed by atoms with Gasteiger partial charge in [-0.05, 0) is 49.6 Å².